The van der Waals surface area contributed by atoms with Crippen LogP contribution in [0.4, 0.5) is 0 Å². The number of nitrogens with zero attached hydrogens (tertiary/aromatic N) is 2. The summed E-state index contributed by atoms with van der Waals surface area (Å²) in [5.74, 6) is 0.970. The highest BCUT2D eigenvalue weighted by atomic mass is 16.2. The minimum atomic E-state index is 0.334. The quantitative estimate of drug-likeness (QED) is 0.746. The van der Waals surface area contributed by atoms with Crippen LogP contribution in [0.25, 0.3) is 0 Å². The van der Waals surface area contributed by atoms with Gasteiger partial charge in [0.1, 0.15) is 0 Å². The number of carbonyl (C=O) groups excluding carboxylic acids is 1. The third-order valence-electron chi connectivity index (χ3n) is 3.89. The van der Waals surface area contributed by atoms with Gasteiger partial charge in [-0.3, -0.25) is 4.79 Å². The van der Waals surface area contributed by atoms with E-state index in [2.05, 4.69) is 18.9 Å². The summed E-state index contributed by atoms with van der Waals surface area (Å²) in [5, 5.41) is 0. The highest BCUT2D eigenvalue weighted by Gasteiger charge is 2.19. The van der Waals surface area contributed by atoms with Crippen LogP contribution in [-0.2, 0) is 4.79 Å². The van der Waals surface area contributed by atoms with Crippen molar-refractivity contribution in [3.8, 4) is 0 Å². The van der Waals surface area contributed by atoms with Gasteiger partial charge in [0.25, 0.3) is 0 Å². The van der Waals surface area contributed by atoms with Crippen LogP contribution in [0.2, 0.25) is 0 Å². The SMILES string of the molecule is CCCC(CCN)CCC(=O)N1CCN(C)CC1. The number of hydrogen-bond acceptors (Lipinski definition) is 3. The number of likely N-dealkylation sites (N-methyl/N-ethyl adjacent to an activating group) is 1. The van der Waals surface area contributed by atoms with E-state index in [1.54, 1.807) is 0 Å². The maximum atomic E-state index is 12.1. The third-order valence-corrected chi connectivity index (χ3v) is 3.89. The highest BCUT2D eigenvalue weighted by molar-refractivity contribution is 5.76. The van der Waals surface area contributed by atoms with E-state index in [9.17, 15) is 4.79 Å². The van der Waals surface area contributed by atoms with Gasteiger partial charge in [0.2, 0.25) is 5.91 Å². The summed E-state index contributed by atoms with van der Waals surface area (Å²) >= 11 is 0. The molecule has 0 aliphatic carbocycles. The molecule has 0 saturated carbocycles. The second kappa shape index (κ2) is 8.48. The topological polar surface area (TPSA) is 49.6 Å². The van der Waals surface area contributed by atoms with Crippen molar-refractivity contribution in [3.63, 3.8) is 0 Å². The van der Waals surface area contributed by atoms with Gasteiger partial charge in [-0.15, -0.1) is 0 Å². The molecule has 4 heteroatoms. The Morgan fingerprint density at radius 3 is 2.39 bits per heavy atom. The van der Waals surface area contributed by atoms with E-state index < -0.39 is 0 Å². The number of nitrogens with two attached hydrogens (primary N) is 1. The fourth-order valence-electron chi connectivity index (χ4n) is 2.62. The Morgan fingerprint density at radius 2 is 1.83 bits per heavy atom. The van der Waals surface area contributed by atoms with Crippen LogP contribution in [-0.4, -0.2) is 55.5 Å². The molecule has 1 aliphatic heterocycles. The Labute approximate surface area is 111 Å². The zero-order valence-corrected chi connectivity index (χ0v) is 12.0. The fourth-order valence-corrected chi connectivity index (χ4v) is 2.62. The maximum Gasteiger partial charge on any atom is 0.222 e. The molecule has 0 spiro atoms. The number of carbonyl (C=O) groups is 1. The molecule has 4 nitrogen and oxygen atoms in total. The van der Waals surface area contributed by atoms with Crippen molar-refractivity contribution in [3.05, 3.63) is 0 Å². The first kappa shape index (κ1) is 15.4. The lowest BCUT2D eigenvalue weighted by atomic mass is 9.94. The molecule has 106 valence electrons. The average Bonchev–Trinajstić information content (AvgIpc) is 2.37. The van der Waals surface area contributed by atoms with Gasteiger partial charge in [-0.05, 0) is 32.4 Å². The maximum absolute atomic E-state index is 12.1. The van der Waals surface area contributed by atoms with E-state index in [4.69, 9.17) is 5.73 Å². The van der Waals surface area contributed by atoms with Crippen molar-refractivity contribution in [1.29, 1.82) is 0 Å². The monoisotopic (exact) mass is 255 g/mol. The van der Waals surface area contributed by atoms with Crippen molar-refractivity contribution in [2.45, 2.75) is 39.0 Å². The van der Waals surface area contributed by atoms with Crippen LogP contribution in [0, 0.1) is 5.92 Å². The standard InChI is InChI=1S/C14H29N3O/c1-3-4-13(7-8-15)5-6-14(18)17-11-9-16(2)10-12-17/h13H,3-12,15H2,1-2H3. The van der Waals surface area contributed by atoms with Gasteiger partial charge in [-0.1, -0.05) is 19.8 Å². The zero-order chi connectivity index (χ0) is 13.4. The van der Waals surface area contributed by atoms with Gasteiger partial charge in [0, 0.05) is 32.6 Å². The van der Waals surface area contributed by atoms with Gasteiger partial charge in [-0.25, -0.2) is 0 Å². The lowest BCUT2D eigenvalue weighted by Crippen LogP contribution is -2.47. The molecule has 0 aromatic rings. The van der Waals surface area contributed by atoms with Gasteiger partial charge in [-0.2, -0.15) is 0 Å². The highest BCUT2D eigenvalue weighted by Crippen LogP contribution is 2.18. The van der Waals surface area contributed by atoms with Crippen molar-refractivity contribution < 1.29 is 4.79 Å². The molecule has 1 fully saturated rings. The molecule has 1 amide bonds. The lowest BCUT2D eigenvalue weighted by Gasteiger charge is -2.32. The molecule has 0 aromatic carbocycles. The summed E-state index contributed by atoms with van der Waals surface area (Å²) in [4.78, 5) is 16.4. The van der Waals surface area contributed by atoms with Gasteiger partial charge in [0.15, 0.2) is 0 Å². The van der Waals surface area contributed by atoms with Crippen LogP contribution in [0.1, 0.15) is 39.0 Å². The van der Waals surface area contributed by atoms with Gasteiger partial charge < -0.3 is 15.5 Å². The van der Waals surface area contributed by atoms with Crippen molar-refractivity contribution in [2.75, 3.05) is 39.8 Å². The molecular formula is C14H29N3O. The van der Waals surface area contributed by atoms with E-state index in [-0.39, 0.29) is 0 Å². The smallest absolute Gasteiger partial charge is 0.222 e. The van der Waals surface area contributed by atoms with Gasteiger partial charge >= 0.3 is 0 Å². The molecule has 1 saturated heterocycles. The minimum absolute atomic E-state index is 0.334. The van der Waals surface area contributed by atoms with E-state index in [1.165, 1.54) is 12.8 Å². The van der Waals surface area contributed by atoms with Crippen molar-refractivity contribution >= 4 is 5.91 Å². The normalized spacial score (nSPS) is 18.9. The number of piperazine rings is 1. The molecule has 1 aliphatic rings. The Bertz CT molecular complexity index is 231. The van der Waals surface area contributed by atoms with Crippen molar-refractivity contribution in [2.24, 2.45) is 11.7 Å². The van der Waals surface area contributed by atoms with E-state index in [0.717, 1.165) is 45.6 Å². The van der Waals surface area contributed by atoms with Crippen LogP contribution in [0.5, 0.6) is 0 Å². The number of rotatable bonds is 7. The van der Waals surface area contributed by atoms with E-state index in [1.807, 2.05) is 4.90 Å². The summed E-state index contributed by atoms with van der Waals surface area (Å²) in [6.07, 6.45) is 5.16. The summed E-state index contributed by atoms with van der Waals surface area (Å²) in [6.45, 7) is 6.74. The summed E-state index contributed by atoms with van der Waals surface area (Å²) < 4.78 is 0. The summed E-state index contributed by atoms with van der Waals surface area (Å²) in [5.41, 5.74) is 5.62. The first-order valence-electron chi connectivity index (χ1n) is 7.33. The van der Waals surface area contributed by atoms with Crippen molar-refractivity contribution in [1.82, 2.24) is 9.80 Å². The summed E-state index contributed by atoms with van der Waals surface area (Å²) in [7, 11) is 2.11. The predicted molar refractivity (Wildman–Crippen MR) is 75.4 cm³/mol. The van der Waals surface area contributed by atoms with Crippen LogP contribution in [0.15, 0.2) is 0 Å². The first-order valence-corrected chi connectivity index (χ1v) is 7.33. The molecule has 0 bridgehead atoms. The number of amides is 1. The molecule has 18 heavy (non-hydrogen) atoms. The Hall–Kier alpha value is -0.610. The second-order valence-corrected chi connectivity index (χ2v) is 5.45. The van der Waals surface area contributed by atoms with E-state index >= 15 is 0 Å². The molecular weight excluding hydrogens is 226 g/mol. The molecule has 1 heterocycles. The third kappa shape index (κ3) is 5.36. The van der Waals surface area contributed by atoms with Crippen LogP contribution < -0.4 is 5.73 Å². The largest absolute Gasteiger partial charge is 0.340 e. The van der Waals surface area contributed by atoms with E-state index in [0.29, 0.717) is 18.2 Å². The molecule has 1 unspecified atom stereocenters. The molecule has 0 radical (unpaired) electrons. The molecule has 1 atom stereocenters. The predicted octanol–water partition coefficient (Wildman–Crippen LogP) is 1.31. The zero-order valence-electron chi connectivity index (χ0n) is 12.0. The minimum Gasteiger partial charge on any atom is -0.340 e. The molecule has 0 aromatic heterocycles. The number of hydrogen-bond donors (Lipinski definition) is 1. The lowest BCUT2D eigenvalue weighted by molar-refractivity contribution is -0.133. The average molecular weight is 255 g/mol. The Balaban J connectivity index is 2.26. The van der Waals surface area contributed by atoms with Crippen LogP contribution >= 0.6 is 0 Å². The second-order valence-electron chi connectivity index (χ2n) is 5.45. The molecule has 2 N–H and O–H groups in total. The van der Waals surface area contributed by atoms with Crippen LogP contribution in [0.3, 0.4) is 0 Å². The molecule has 1 rings (SSSR count). The first-order chi connectivity index (χ1) is 8.67. The Morgan fingerprint density at radius 1 is 1.17 bits per heavy atom. The fraction of sp³-hybridized carbons (Fsp3) is 0.929. The summed E-state index contributed by atoms with van der Waals surface area (Å²) in [6, 6.07) is 0. The van der Waals surface area contributed by atoms with Gasteiger partial charge in [0.05, 0.1) is 0 Å². The Kier molecular flexibility index (Phi) is 7.28.